The Hall–Kier alpha value is -2.55. The van der Waals surface area contributed by atoms with Crippen LogP contribution in [0.1, 0.15) is 18.1 Å². The van der Waals surface area contributed by atoms with Crippen molar-refractivity contribution in [1.82, 2.24) is 24.7 Å². The number of sulfone groups is 1. The van der Waals surface area contributed by atoms with E-state index in [0.717, 1.165) is 24.5 Å². The van der Waals surface area contributed by atoms with Crippen molar-refractivity contribution in [1.29, 1.82) is 0 Å². The first-order valence-electron chi connectivity index (χ1n) is 8.02. The molecular formula is C16H18N6O2S. The molecule has 3 aromatic rings. The van der Waals surface area contributed by atoms with Gasteiger partial charge in [0.1, 0.15) is 23.8 Å². The molecule has 8 nitrogen and oxygen atoms in total. The number of rotatable bonds is 3. The molecule has 1 atom stereocenters. The van der Waals surface area contributed by atoms with Gasteiger partial charge in [-0.2, -0.15) is 5.10 Å². The van der Waals surface area contributed by atoms with E-state index in [9.17, 15) is 8.42 Å². The van der Waals surface area contributed by atoms with Gasteiger partial charge in [0, 0.05) is 24.1 Å². The van der Waals surface area contributed by atoms with Gasteiger partial charge in [-0.25, -0.2) is 28.1 Å². The third-order valence-corrected chi connectivity index (χ3v) is 5.45. The molecule has 0 bridgehead atoms. The number of aryl methyl sites for hydroxylation is 2. The van der Waals surface area contributed by atoms with Crippen LogP contribution < -0.4 is 5.32 Å². The molecule has 1 unspecified atom stereocenters. The number of hydrogen-bond donors (Lipinski definition) is 1. The van der Waals surface area contributed by atoms with Crippen molar-refractivity contribution in [3.05, 3.63) is 36.2 Å². The maximum absolute atomic E-state index is 11.8. The molecule has 1 N–H and O–H groups in total. The molecule has 0 saturated carbocycles. The molecule has 1 aliphatic rings. The van der Waals surface area contributed by atoms with Crippen LogP contribution in [0.25, 0.3) is 10.9 Å². The number of anilines is 1. The number of nitrogens with zero attached hydrogens (tertiary/aromatic N) is 5. The molecule has 3 heterocycles. The second-order valence-electron chi connectivity index (χ2n) is 6.31. The Morgan fingerprint density at radius 1 is 1.28 bits per heavy atom. The van der Waals surface area contributed by atoms with Crippen molar-refractivity contribution < 1.29 is 8.42 Å². The predicted octanol–water partition coefficient (Wildman–Crippen LogP) is 1.36. The van der Waals surface area contributed by atoms with Gasteiger partial charge in [-0.15, -0.1) is 0 Å². The molecule has 130 valence electrons. The summed E-state index contributed by atoms with van der Waals surface area (Å²) in [7, 11) is -3.29. The maximum atomic E-state index is 11.8. The fourth-order valence-electron chi connectivity index (χ4n) is 3.13. The molecule has 0 radical (unpaired) electrons. The molecule has 4 rings (SSSR count). The second-order valence-corrected chi connectivity index (χ2v) is 8.33. The van der Waals surface area contributed by atoms with E-state index in [-0.39, 0.29) is 10.9 Å². The lowest BCUT2D eigenvalue weighted by molar-refractivity contribution is 0.440. The fourth-order valence-corrected chi connectivity index (χ4v) is 3.77. The van der Waals surface area contributed by atoms with Gasteiger partial charge >= 0.3 is 0 Å². The van der Waals surface area contributed by atoms with E-state index in [1.165, 1.54) is 12.6 Å². The smallest absolute Gasteiger partial charge is 0.175 e. The Balaban J connectivity index is 1.67. The van der Waals surface area contributed by atoms with Crippen molar-refractivity contribution in [3.8, 4) is 0 Å². The highest BCUT2D eigenvalue weighted by Gasteiger charge is 2.22. The van der Waals surface area contributed by atoms with Gasteiger partial charge < -0.3 is 5.32 Å². The van der Waals surface area contributed by atoms with E-state index in [1.54, 1.807) is 18.2 Å². The summed E-state index contributed by atoms with van der Waals surface area (Å²) >= 11 is 0. The van der Waals surface area contributed by atoms with E-state index < -0.39 is 9.84 Å². The topological polar surface area (TPSA) is 103 Å². The minimum Gasteiger partial charge on any atom is -0.365 e. The van der Waals surface area contributed by atoms with Crippen LogP contribution in [0.5, 0.6) is 0 Å². The standard InChI is InChI=1S/C16H18N6O2S/c1-10-19-15-6-3-11(8-22(15)21-10)20-16-13-7-12(25(2,23)24)4-5-14(13)17-9-18-16/h4-5,7,9,11H,3,6,8H2,1-2H3,(H,17,18,20). The van der Waals surface area contributed by atoms with Gasteiger partial charge in [0.15, 0.2) is 9.84 Å². The monoisotopic (exact) mass is 358 g/mol. The zero-order chi connectivity index (χ0) is 17.6. The highest BCUT2D eigenvalue weighted by molar-refractivity contribution is 7.90. The summed E-state index contributed by atoms with van der Waals surface area (Å²) in [4.78, 5) is 13.2. The van der Waals surface area contributed by atoms with Crippen LogP contribution in [-0.4, -0.2) is 45.4 Å². The molecule has 0 fully saturated rings. The van der Waals surface area contributed by atoms with Gasteiger partial charge in [0.05, 0.1) is 17.0 Å². The quantitative estimate of drug-likeness (QED) is 0.754. The molecule has 0 saturated heterocycles. The summed E-state index contributed by atoms with van der Waals surface area (Å²) in [5.74, 6) is 2.42. The predicted molar refractivity (Wildman–Crippen MR) is 93.1 cm³/mol. The van der Waals surface area contributed by atoms with Crippen molar-refractivity contribution in [2.45, 2.75) is 37.2 Å². The van der Waals surface area contributed by atoms with Gasteiger partial charge in [-0.05, 0) is 31.5 Å². The lowest BCUT2D eigenvalue weighted by Crippen LogP contribution is -2.32. The summed E-state index contributed by atoms with van der Waals surface area (Å²) in [5, 5.41) is 8.52. The summed E-state index contributed by atoms with van der Waals surface area (Å²) in [6.07, 6.45) is 4.44. The van der Waals surface area contributed by atoms with Crippen LogP contribution in [0.3, 0.4) is 0 Å². The zero-order valence-corrected chi connectivity index (χ0v) is 14.8. The Bertz CT molecular complexity index is 1060. The van der Waals surface area contributed by atoms with Crippen LogP contribution >= 0.6 is 0 Å². The Kier molecular flexibility index (Phi) is 3.68. The highest BCUT2D eigenvalue weighted by Crippen LogP contribution is 2.25. The van der Waals surface area contributed by atoms with E-state index in [0.29, 0.717) is 23.3 Å². The number of nitrogens with one attached hydrogen (secondary N) is 1. The van der Waals surface area contributed by atoms with Gasteiger partial charge in [0.2, 0.25) is 0 Å². The fraction of sp³-hybridized carbons (Fsp3) is 0.375. The largest absolute Gasteiger partial charge is 0.365 e. The lowest BCUT2D eigenvalue weighted by atomic mass is 10.1. The number of benzene rings is 1. The second kappa shape index (κ2) is 5.76. The minimum absolute atomic E-state index is 0.147. The van der Waals surface area contributed by atoms with Crippen LogP contribution in [0.2, 0.25) is 0 Å². The molecule has 1 aliphatic heterocycles. The summed E-state index contributed by atoms with van der Waals surface area (Å²) < 4.78 is 25.6. The average molecular weight is 358 g/mol. The molecule has 25 heavy (non-hydrogen) atoms. The SMILES string of the molecule is Cc1nc2n(n1)CC(Nc1ncnc3ccc(S(C)(=O)=O)cc13)CC2. The first kappa shape index (κ1) is 15.9. The normalized spacial score (nSPS) is 17.4. The Morgan fingerprint density at radius 3 is 2.92 bits per heavy atom. The number of fused-ring (bicyclic) bond motifs is 2. The molecule has 9 heteroatoms. The summed E-state index contributed by atoms with van der Waals surface area (Å²) in [5.41, 5.74) is 0.706. The van der Waals surface area contributed by atoms with E-state index in [4.69, 9.17) is 0 Å². The zero-order valence-electron chi connectivity index (χ0n) is 14.0. The lowest BCUT2D eigenvalue weighted by Gasteiger charge is -2.24. The van der Waals surface area contributed by atoms with Crippen LogP contribution in [0.15, 0.2) is 29.4 Å². The third-order valence-electron chi connectivity index (χ3n) is 4.34. The average Bonchev–Trinajstić information content (AvgIpc) is 2.93. The molecule has 0 spiro atoms. The molecule has 0 amide bonds. The molecular weight excluding hydrogens is 340 g/mol. The molecule has 1 aromatic carbocycles. The maximum Gasteiger partial charge on any atom is 0.175 e. The highest BCUT2D eigenvalue weighted by atomic mass is 32.2. The van der Waals surface area contributed by atoms with Gasteiger partial charge in [-0.3, -0.25) is 0 Å². The van der Waals surface area contributed by atoms with Gasteiger partial charge in [-0.1, -0.05) is 0 Å². The van der Waals surface area contributed by atoms with Crippen molar-refractivity contribution >= 4 is 26.6 Å². The Labute approximate surface area is 145 Å². The van der Waals surface area contributed by atoms with E-state index >= 15 is 0 Å². The summed E-state index contributed by atoms with van der Waals surface area (Å²) in [6, 6.07) is 5.05. The van der Waals surface area contributed by atoms with Crippen LogP contribution in [-0.2, 0) is 22.8 Å². The first-order chi connectivity index (χ1) is 11.9. The van der Waals surface area contributed by atoms with E-state index in [2.05, 4.69) is 25.4 Å². The third kappa shape index (κ3) is 3.07. The summed E-state index contributed by atoms with van der Waals surface area (Å²) in [6.45, 7) is 2.59. The van der Waals surface area contributed by atoms with Crippen molar-refractivity contribution in [2.75, 3.05) is 11.6 Å². The van der Waals surface area contributed by atoms with Crippen LogP contribution in [0.4, 0.5) is 5.82 Å². The van der Waals surface area contributed by atoms with Gasteiger partial charge in [0.25, 0.3) is 0 Å². The molecule has 2 aromatic heterocycles. The van der Waals surface area contributed by atoms with Crippen LogP contribution in [0, 0.1) is 6.92 Å². The Morgan fingerprint density at radius 2 is 2.12 bits per heavy atom. The number of hydrogen-bond acceptors (Lipinski definition) is 7. The minimum atomic E-state index is -3.29. The van der Waals surface area contributed by atoms with Crippen molar-refractivity contribution in [2.24, 2.45) is 0 Å². The first-order valence-corrected chi connectivity index (χ1v) is 9.91. The number of aromatic nitrogens is 5. The van der Waals surface area contributed by atoms with Crippen molar-refractivity contribution in [3.63, 3.8) is 0 Å². The molecule has 0 aliphatic carbocycles. The van der Waals surface area contributed by atoms with E-state index in [1.807, 2.05) is 11.6 Å².